The predicted molar refractivity (Wildman–Crippen MR) is 191 cm³/mol. The number of aromatic hydroxyl groups is 1. The number of phenols is 1. The summed E-state index contributed by atoms with van der Waals surface area (Å²) in [5.74, 6) is -8.30. The van der Waals surface area contributed by atoms with Crippen LogP contribution in [0.5, 0.6) is 11.5 Å². The summed E-state index contributed by atoms with van der Waals surface area (Å²) in [6.45, 7) is 17.0. The summed E-state index contributed by atoms with van der Waals surface area (Å²) in [6.07, 6.45) is 9.86. The van der Waals surface area contributed by atoms with Gasteiger partial charge in [-0.2, -0.15) is 8.78 Å². The Morgan fingerprint density at radius 1 is 0.811 bits per heavy atom. The first-order valence-electron chi connectivity index (χ1n) is 18.6. The van der Waals surface area contributed by atoms with Gasteiger partial charge >= 0.3 is 11.9 Å². The highest BCUT2D eigenvalue weighted by molar-refractivity contribution is 7.85. The van der Waals surface area contributed by atoms with E-state index in [1.54, 1.807) is 19.1 Å². The maximum Gasteiger partial charge on any atom is 0.317 e. The molecular formula is C40H55F4O8S-. The third-order valence-corrected chi connectivity index (χ3v) is 12.8. The van der Waals surface area contributed by atoms with Crippen molar-refractivity contribution < 1.29 is 54.7 Å². The maximum absolute atomic E-state index is 13.6. The molecule has 2 aromatic carbocycles. The van der Waals surface area contributed by atoms with E-state index in [1.165, 1.54) is 51.5 Å². The summed E-state index contributed by atoms with van der Waals surface area (Å²) < 4.78 is 96.7. The Hall–Kier alpha value is -3.19. The van der Waals surface area contributed by atoms with Gasteiger partial charge in [-0.25, -0.2) is 17.2 Å². The highest BCUT2D eigenvalue weighted by atomic mass is 32.2. The van der Waals surface area contributed by atoms with Crippen LogP contribution in [0.4, 0.5) is 17.6 Å². The molecule has 13 heteroatoms. The molecule has 4 aliphatic rings. The van der Waals surface area contributed by atoms with Crippen molar-refractivity contribution in [1.29, 1.82) is 0 Å². The van der Waals surface area contributed by atoms with Crippen molar-refractivity contribution in [3.63, 3.8) is 0 Å². The molecule has 0 spiro atoms. The third-order valence-electron chi connectivity index (χ3n) is 11.9. The minimum atomic E-state index is -5.81. The van der Waals surface area contributed by atoms with Gasteiger partial charge in [0.05, 0.1) is 10.8 Å². The van der Waals surface area contributed by atoms with Gasteiger partial charge in [0.15, 0.2) is 11.6 Å². The van der Waals surface area contributed by atoms with Crippen LogP contribution < -0.4 is 4.74 Å². The predicted octanol–water partition coefficient (Wildman–Crippen LogP) is 9.97. The van der Waals surface area contributed by atoms with Crippen molar-refractivity contribution in [2.45, 2.75) is 137 Å². The lowest BCUT2D eigenvalue weighted by atomic mass is 9.49. The van der Waals surface area contributed by atoms with Crippen LogP contribution in [0, 0.1) is 57.8 Å². The second-order valence-corrected chi connectivity index (χ2v) is 17.5. The quantitative estimate of drug-likeness (QED) is 0.0831. The van der Waals surface area contributed by atoms with Gasteiger partial charge < -0.3 is 19.1 Å². The molecule has 0 saturated heterocycles. The van der Waals surface area contributed by atoms with Gasteiger partial charge in [-0.1, -0.05) is 46.8 Å². The summed E-state index contributed by atoms with van der Waals surface area (Å²) in [5.41, 5.74) is -0.381. The van der Waals surface area contributed by atoms with E-state index in [4.69, 9.17) is 9.84 Å². The van der Waals surface area contributed by atoms with Crippen LogP contribution in [-0.2, 0) is 24.4 Å². The summed E-state index contributed by atoms with van der Waals surface area (Å²) in [7, 11) is -5.81. The molecule has 6 rings (SSSR count). The van der Waals surface area contributed by atoms with E-state index < -0.39 is 55.4 Å². The molecular weight excluding hydrogens is 716 g/mol. The minimum Gasteiger partial charge on any atom is -0.744 e. The van der Waals surface area contributed by atoms with Crippen molar-refractivity contribution in [2.24, 2.45) is 34.5 Å². The first kappa shape index (κ1) is 44.2. The molecule has 1 N–H and O–H groups in total. The zero-order valence-electron chi connectivity index (χ0n) is 32.3. The van der Waals surface area contributed by atoms with E-state index in [0.717, 1.165) is 31.1 Å². The largest absolute Gasteiger partial charge is 0.744 e. The molecule has 4 aliphatic carbocycles. The molecule has 0 radical (unpaired) electrons. The number of halogens is 4. The van der Waals surface area contributed by atoms with Gasteiger partial charge in [0.1, 0.15) is 26.4 Å². The van der Waals surface area contributed by atoms with E-state index in [9.17, 15) is 40.1 Å². The number of carbonyl (C=O) groups excluding carboxylic acids is 2. The summed E-state index contributed by atoms with van der Waals surface area (Å²) >= 11 is 0. The second-order valence-electron chi connectivity index (χ2n) is 16.1. The van der Waals surface area contributed by atoms with Crippen molar-refractivity contribution in [3.05, 3.63) is 53.1 Å². The Balaban J connectivity index is 0.000000225. The normalized spacial score (nSPS) is 24.0. The average molecular weight is 772 g/mol. The molecule has 0 amide bonds. The van der Waals surface area contributed by atoms with Crippen LogP contribution in [-0.4, -0.2) is 35.6 Å². The fourth-order valence-corrected chi connectivity index (χ4v) is 8.19. The average Bonchev–Trinajstić information content (AvgIpc) is 3.10. The zero-order valence-corrected chi connectivity index (χ0v) is 33.1. The van der Waals surface area contributed by atoms with Crippen LogP contribution in [0.2, 0.25) is 0 Å². The number of hydrogen-bond donors (Lipinski definition) is 1. The molecule has 4 bridgehead atoms. The lowest BCUT2D eigenvalue weighted by Crippen LogP contribution is -2.60. The summed E-state index contributed by atoms with van der Waals surface area (Å²) in [4.78, 5) is 22.0. The number of phenolic OH excluding ortho intramolecular Hbond substituents is 1. The summed E-state index contributed by atoms with van der Waals surface area (Å²) in [5, 5.41) is 9.01. The Morgan fingerprint density at radius 2 is 1.25 bits per heavy atom. The lowest BCUT2D eigenvalue weighted by Gasteiger charge is -2.60. The molecule has 2 aromatic rings. The van der Waals surface area contributed by atoms with Gasteiger partial charge in [0.25, 0.3) is 0 Å². The van der Waals surface area contributed by atoms with Crippen molar-refractivity contribution >= 4 is 22.1 Å². The summed E-state index contributed by atoms with van der Waals surface area (Å²) in [6, 6.07) is 7.43. The van der Waals surface area contributed by atoms with Gasteiger partial charge in [-0.05, 0) is 133 Å². The third kappa shape index (κ3) is 9.74. The zero-order chi connectivity index (χ0) is 40.3. The number of benzene rings is 2. The van der Waals surface area contributed by atoms with Crippen LogP contribution in [0.3, 0.4) is 0 Å². The molecule has 53 heavy (non-hydrogen) atoms. The molecule has 1 unspecified atom stereocenters. The molecule has 4 saturated carbocycles. The molecule has 0 aliphatic heterocycles. The van der Waals surface area contributed by atoms with Crippen molar-refractivity contribution in [2.75, 3.05) is 0 Å². The van der Waals surface area contributed by atoms with Crippen LogP contribution in [0.25, 0.3) is 0 Å². The topological polar surface area (TPSA) is 130 Å². The van der Waals surface area contributed by atoms with Gasteiger partial charge in [0.2, 0.25) is 17.4 Å². The van der Waals surface area contributed by atoms with Crippen LogP contribution in [0.15, 0.2) is 29.2 Å². The molecule has 4 fully saturated rings. The Kier molecular flexibility index (Phi) is 14.3. The standard InChI is InChI=1S/C18H30O2.C12H12F4O5S.C10H14O/c1-5-17(3,4)16(19)20-18(6-2)14-8-12-7-13(10-14)11-15(18)9-12;1-4-12(2,3)11(17)21-9-5(13)7(15)10(22(18,19)20)8(16)6(9)14;1-3-8(2)9-4-6-10(11)7-5-9/h12-15H,5-11H2,1-4H3;4H2,1-3H3,(H,18,19,20);4-8,11H,3H2,1-2H3/p-1. The molecule has 8 nitrogen and oxygen atoms in total. The number of esters is 2. The Labute approximate surface area is 311 Å². The lowest BCUT2D eigenvalue weighted by molar-refractivity contribution is -0.218. The van der Waals surface area contributed by atoms with Crippen molar-refractivity contribution in [1.82, 2.24) is 0 Å². The van der Waals surface area contributed by atoms with Crippen molar-refractivity contribution in [3.8, 4) is 11.5 Å². The van der Waals surface area contributed by atoms with Crippen LogP contribution >= 0.6 is 0 Å². The number of rotatable bonds is 10. The number of hydrogen-bond acceptors (Lipinski definition) is 8. The van der Waals surface area contributed by atoms with Gasteiger partial charge in [-0.15, -0.1) is 0 Å². The molecule has 1 atom stereocenters. The Bertz CT molecular complexity index is 1670. The smallest absolute Gasteiger partial charge is 0.317 e. The first-order chi connectivity index (χ1) is 24.5. The number of carbonyl (C=O) groups is 2. The molecule has 0 aromatic heterocycles. The van der Waals surface area contributed by atoms with E-state index in [0.29, 0.717) is 23.5 Å². The first-order valence-corrected chi connectivity index (χ1v) is 20.0. The molecule has 0 heterocycles. The van der Waals surface area contributed by atoms with E-state index >= 15 is 0 Å². The molecule has 298 valence electrons. The number of ether oxygens (including phenoxy) is 2. The highest BCUT2D eigenvalue weighted by Gasteiger charge is 2.59. The maximum atomic E-state index is 13.6. The highest BCUT2D eigenvalue weighted by Crippen LogP contribution is 2.61. The Morgan fingerprint density at radius 3 is 1.62 bits per heavy atom. The second kappa shape index (κ2) is 17.1. The SMILES string of the molecule is CCC(C)(C)C(=O)OC1(CC)C2CC3CC(C2)CC1C3.CCC(C)(C)C(=O)Oc1c(F)c(F)c(S(=O)(=O)[O-])c(F)c1F.CCC(C)c1ccc(O)cc1. The fourth-order valence-electron chi connectivity index (χ4n) is 7.57. The van der Waals surface area contributed by atoms with E-state index in [-0.39, 0.29) is 23.4 Å². The van der Waals surface area contributed by atoms with Gasteiger partial charge in [-0.3, -0.25) is 9.59 Å². The minimum absolute atomic E-state index is 0.0364. The fraction of sp³-hybridized carbons (Fsp3) is 0.650. The van der Waals surface area contributed by atoms with Gasteiger partial charge in [0, 0.05) is 0 Å². The van der Waals surface area contributed by atoms with E-state index in [2.05, 4.69) is 32.4 Å². The van der Waals surface area contributed by atoms with E-state index in [1.807, 2.05) is 26.0 Å². The van der Waals surface area contributed by atoms with Crippen LogP contribution in [0.1, 0.15) is 132 Å². The monoisotopic (exact) mass is 771 g/mol.